The lowest BCUT2D eigenvalue weighted by Gasteiger charge is -2.15. The Balaban J connectivity index is 2.79. The van der Waals surface area contributed by atoms with Crippen molar-refractivity contribution < 1.29 is 0 Å². The van der Waals surface area contributed by atoms with Crippen LogP contribution in [-0.4, -0.2) is 13.4 Å². The third kappa shape index (κ3) is 5.19. The molecular weight excluding hydrogens is 218 g/mol. The Hall–Kier alpha value is -0.543. The highest BCUT2D eigenvalue weighted by Gasteiger charge is 2.14. The van der Waals surface area contributed by atoms with Gasteiger partial charge in [-0.05, 0) is 24.6 Å². The average Bonchev–Trinajstić information content (AvgIpc) is 2.12. The topological polar surface area (TPSA) is 12.4 Å². The average molecular weight is 237 g/mol. The number of hydrogen-bond acceptors (Lipinski definition) is 2. The van der Waals surface area contributed by atoms with Crippen LogP contribution in [0.15, 0.2) is 34.2 Å². The minimum absolute atomic E-state index is 0.991. The van der Waals surface area contributed by atoms with Crippen molar-refractivity contribution in [1.29, 1.82) is 0 Å². The second kappa shape index (κ2) is 5.52. The van der Waals surface area contributed by atoms with Crippen molar-refractivity contribution in [2.45, 2.75) is 37.9 Å². The van der Waals surface area contributed by atoms with Crippen LogP contribution in [0.4, 0.5) is 5.69 Å². The van der Waals surface area contributed by atoms with Crippen molar-refractivity contribution >= 4 is 30.3 Å². The molecule has 0 aliphatic rings. The van der Waals surface area contributed by atoms with Crippen LogP contribution in [0, 0.1) is 0 Å². The molecule has 0 radical (unpaired) electrons. The van der Waals surface area contributed by atoms with Crippen LogP contribution >= 0.6 is 11.2 Å². The zero-order valence-electron chi connectivity index (χ0n) is 9.95. The molecule has 1 aromatic carbocycles. The van der Waals surface area contributed by atoms with E-state index in [1.54, 1.807) is 0 Å². The number of nitrogens with zero attached hydrogens (tertiary/aromatic N) is 1. The van der Waals surface area contributed by atoms with Gasteiger partial charge in [-0.15, -0.1) is 0 Å². The first-order chi connectivity index (χ1) is 7.01. The molecule has 0 bridgehead atoms. The summed E-state index contributed by atoms with van der Waals surface area (Å²) >= 11 is 2.01. The SMILES string of the molecule is CCC=Nc1cccc(S[Si](C)(C)C)c1. The van der Waals surface area contributed by atoms with Crippen LogP contribution in [0.1, 0.15) is 13.3 Å². The maximum Gasteiger partial charge on any atom is 0.114 e. The van der Waals surface area contributed by atoms with Gasteiger partial charge < -0.3 is 0 Å². The van der Waals surface area contributed by atoms with Crippen LogP contribution in [0.3, 0.4) is 0 Å². The van der Waals surface area contributed by atoms with Crippen molar-refractivity contribution in [3.63, 3.8) is 0 Å². The van der Waals surface area contributed by atoms with Gasteiger partial charge in [0.15, 0.2) is 0 Å². The third-order valence-corrected chi connectivity index (χ3v) is 5.31. The van der Waals surface area contributed by atoms with Gasteiger partial charge in [0.2, 0.25) is 0 Å². The minimum Gasteiger partial charge on any atom is -0.261 e. The highest BCUT2D eigenvalue weighted by Crippen LogP contribution is 2.30. The zero-order chi connectivity index (χ0) is 11.3. The van der Waals surface area contributed by atoms with E-state index in [4.69, 9.17) is 0 Å². The Morgan fingerprint density at radius 1 is 1.33 bits per heavy atom. The largest absolute Gasteiger partial charge is 0.261 e. The van der Waals surface area contributed by atoms with Crippen molar-refractivity contribution in [3.8, 4) is 0 Å². The van der Waals surface area contributed by atoms with Crippen molar-refractivity contribution in [1.82, 2.24) is 0 Å². The Bertz CT molecular complexity index is 342. The van der Waals surface area contributed by atoms with E-state index in [1.165, 1.54) is 4.90 Å². The van der Waals surface area contributed by atoms with Crippen LogP contribution < -0.4 is 0 Å². The zero-order valence-corrected chi connectivity index (χ0v) is 11.8. The lowest BCUT2D eigenvalue weighted by atomic mass is 10.3. The lowest BCUT2D eigenvalue weighted by molar-refractivity contribution is 1.31. The predicted molar refractivity (Wildman–Crippen MR) is 74.1 cm³/mol. The van der Waals surface area contributed by atoms with Gasteiger partial charge in [0.25, 0.3) is 0 Å². The minimum atomic E-state index is -1.09. The summed E-state index contributed by atoms with van der Waals surface area (Å²) in [6, 6.07) is 8.49. The van der Waals surface area contributed by atoms with Gasteiger partial charge in [0.1, 0.15) is 7.22 Å². The summed E-state index contributed by atoms with van der Waals surface area (Å²) in [6.07, 6.45) is 2.95. The van der Waals surface area contributed by atoms with Gasteiger partial charge in [0, 0.05) is 11.1 Å². The Labute approximate surface area is 97.7 Å². The van der Waals surface area contributed by atoms with Crippen LogP contribution in [0.2, 0.25) is 19.6 Å². The van der Waals surface area contributed by atoms with E-state index in [1.807, 2.05) is 17.4 Å². The fourth-order valence-electron chi connectivity index (χ4n) is 1.18. The van der Waals surface area contributed by atoms with E-state index in [9.17, 15) is 0 Å². The molecule has 0 spiro atoms. The lowest BCUT2D eigenvalue weighted by Crippen LogP contribution is -2.13. The predicted octanol–water partition coefficient (Wildman–Crippen LogP) is 4.73. The van der Waals surface area contributed by atoms with E-state index >= 15 is 0 Å². The summed E-state index contributed by atoms with van der Waals surface area (Å²) in [7, 11) is -1.09. The normalized spacial score (nSPS) is 12.3. The first-order valence-corrected chi connectivity index (χ1v) is 10.4. The number of hydrogen-bond donors (Lipinski definition) is 0. The second-order valence-electron chi connectivity index (χ2n) is 4.43. The molecule has 0 N–H and O–H groups in total. The molecule has 3 heteroatoms. The van der Waals surface area contributed by atoms with Gasteiger partial charge in [-0.3, -0.25) is 4.99 Å². The quantitative estimate of drug-likeness (QED) is 0.545. The molecule has 15 heavy (non-hydrogen) atoms. The molecule has 0 saturated heterocycles. The van der Waals surface area contributed by atoms with Crippen LogP contribution in [0.5, 0.6) is 0 Å². The molecule has 0 unspecified atom stereocenters. The molecular formula is C12H19NSSi. The van der Waals surface area contributed by atoms with Gasteiger partial charge in [0.05, 0.1) is 5.69 Å². The molecule has 82 valence electrons. The molecule has 0 saturated carbocycles. The van der Waals surface area contributed by atoms with E-state index in [0.717, 1.165) is 12.1 Å². The molecule has 0 aromatic heterocycles. The van der Waals surface area contributed by atoms with Crippen LogP contribution in [0.25, 0.3) is 0 Å². The second-order valence-corrected chi connectivity index (χ2v) is 13.6. The highest BCUT2D eigenvalue weighted by molar-refractivity contribution is 8.28. The van der Waals surface area contributed by atoms with Gasteiger partial charge in [-0.25, -0.2) is 0 Å². The van der Waals surface area contributed by atoms with E-state index in [0.29, 0.717) is 0 Å². The summed E-state index contributed by atoms with van der Waals surface area (Å²) in [6.45, 7) is 9.18. The summed E-state index contributed by atoms with van der Waals surface area (Å²) in [5.41, 5.74) is 1.07. The van der Waals surface area contributed by atoms with Crippen LogP contribution in [-0.2, 0) is 0 Å². The number of aliphatic imine (C=N–C) groups is 1. The summed E-state index contributed by atoms with van der Waals surface area (Å²) < 4.78 is 0. The molecule has 1 aromatic rings. The van der Waals surface area contributed by atoms with E-state index < -0.39 is 7.22 Å². The van der Waals surface area contributed by atoms with Gasteiger partial charge >= 0.3 is 0 Å². The van der Waals surface area contributed by atoms with Crippen molar-refractivity contribution in [2.24, 2.45) is 4.99 Å². The highest BCUT2D eigenvalue weighted by atomic mass is 32.4. The molecule has 1 rings (SSSR count). The fraction of sp³-hybridized carbons (Fsp3) is 0.417. The summed E-state index contributed by atoms with van der Waals surface area (Å²) in [5, 5.41) is 0. The Morgan fingerprint density at radius 3 is 2.67 bits per heavy atom. The van der Waals surface area contributed by atoms with Crippen molar-refractivity contribution in [3.05, 3.63) is 24.3 Å². The molecule has 0 aliphatic carbocycles. The molecule has 0 heterocycles. The molecule has 0 amide bonds. The monoisotopic (exact) mass is 237 g/mol. The molecule has 0 fully saturated rings. The number of benzene rings is 1. The molecule has 0 atom stereocenters. The fourth-order valence-corrected chi connectivity index (χ4v) is 4.71. The third-order valence-electron chi connectivity index (χ3n) is 1.66. The first kappa shape index (κ1) is 12.5. The van der Waals surface area contributed by atoms with Gasteiger partial charge in [-0.1, -0.05) is 32.6 Å². The van der Waals surface area contributed by atoms with E-state index in [-0.39, 0.29) is 0 Å². The van der Waals surface area contributed by atoms with E-state index in [2.05, 4.69) is 55.8 Å². The smallest absolute Gasteiger partial charge is 0.114 e. The maximum atomic E-state index is 4.39. The van der Waals surface area contributed by atoms with Crippen molar-refractivity contribution in [2.75, 3.05) is 0 Å². The maximum absolute atomic E-state index is 4.39. The molecule has 1 nitrogen and oxygen atoms in total. The summed E-state index contributed by atoms with van der Waals surface area (Å²) in [4.78, 5) is 5.74. The Morgan fingerprint density at radius 2 is 2.07 bits per heavy atom. The Kier molecular flexibility index (Phi) is 4.61. The van der Waals surface area contributed by atoms with Gasteiger partial charge in [-0.2, -0.15) is 11.2 Å². The number of rotatable bonds is 4. The first-order valence-electron chi connectivity index (χ1n) is 5.33. The summed E-state index contributed by atoms with van der Waals surface area (Å²) in [5.74, 6) is 0. The standard InChI is InChI=1S/C12H19NSSi/c1-5-9-13-11-7-6-8-12(10-11)14-15(2,3)4/h6-10H,5H2,1-4H3. The molecule has 0 aliphatic heterocycles.